The molecule has 0 bridgehead atoms. The van der Waals surface area contributed by atoms with E-state index in [1.165, 1.54) is 67.6 Å². The molecule has 14 aromatic rings. The number of carbonyl (C=O) groups excluding carboxylic acids is 3. The van der Waals surface area contributed by atoms with Crippen LogP contribution in [0.15, 0.2) is 264 Å². The molecule has 2 fully saturated rings. The number of nitrogens with one attached hydrogen (secondary N) is 6. The van der Waals surface area contributed by atoms with E-state index in [4.69, 9.17) is 30.2 Å². The first-order chi connectivity index (χ1) is 69.9. The van der Waals surface area contributed by atoms with Crippen LogP contribution in [0.2, 0.25) is 0 Å². The number of benzene rings is 9. The molecule has 754 valence electrons. The number of aryl methyl sites for hydroxylation is 6. The number of amides is 3. The van der Waals surface area contributed by atoms with Gasteiger partial charge in [-0.05, 0) is 370 Å². The average molecular weight is 1990 g/mol. The number of carbonyl (C=O) groups is 3. The summed E-state index contributed by atoms with van der Waals surface area (Å²) in [5.74, 6) is 3.84. The summed E-state index contributed by atoms with van der Waals surface area (Å²) < 4.78 is 16.5. The van der Waals surface area contributed by atoms with E-state index in [-0.39, 0.29) is 82.6 Å². The van der Waals surface area contributed by atoms with Crippen molar-refractivity contribution < 1.29 is 81.4 Å². The number of amidine groups is 1. The number of fused-ring (bicyclic) bond motifs is 3. The van der Waals surface area contributed by atoms with Crippen LogP contribution in [0.25, 0.3) is 66.5 Å². The fourth-order valence-corrected chi connectivity index (χ4v) is 19.3. The van der Waals surface area contributed by atoms with Crippen LogP contribution in [0.5, 0.6) is 17.2 Å². The summed E-state index contributed by atoms with van der Waals surface area (Å²) in [7, 11) is 0. The van der Waals surface area contributed by atoms with Crippen molar-refractivity contribution in [2.45, 2.75) is 185 Å². The summed E-state index contributed by atoms with van der Waals surface area (Å²) >= 11 is 0. The van der Waals surface area contributed by atoms with Crippen molar-refractivity contribution in [1.29, 1.82) is 15.8 Å². The number of para-hydroxylation sites is 3. The topological polar surface area (TPSA) is 336 Å². The molecule has 0 spiro atoms. The van der Waals surface area contributed by atoms with Crippen LogP contribution in [0.1, 0.15) is 187 Å². The van der Waals surface area contributed by atoms with Crippen LogP contribution in [-0.4, -0.2) is 165 Å². The van der Waals surface area contributed by atoms with E-state index in [9.17, 15) is 24.9 Å². The van der Waals surface area contributed by atoms with Gasteiger partial charge in [0, 0.05) is 152 Å². The molecule has 26 heteroatoms. The zero-order chi connectivity index (χ0) is 104. The van der Waals surface area contributed by atoms with Gasteiger partial charge < -0.3 is 61.2 Å². The third-order valence-corrected chi connectivity index (χ3v) is 27.0. The minimum absolute atomic E-state index is 0. The third-order valence-electron chi connectivity index (χ3n) is 27.0. The van der Waals surface area contributed by atoms with E-state index in [1.54, 1.807) is 30.5 Å². The van der Waals surface area contributed by atoms with E-state index in [2.05, 4.69) is 237 Å². The Morgan fingerprint density at radius 3 is 1.14 bits per heavy atom. The van der Waals surface area contributed by atoms with Crippen molar-refractivity contribution in [2.75, 3.05) is 85.1 Å². The first kappa shape index (κ1) is 112. The second-order valence-electron chi connectivity index (χ2n) is 38.5. The summed E-state index contributed by atoms with van der Waals surface area (Å²) in [5, 5.41) is 39.5. The fourth-order valence-electron chi connectivity index (χ4n) is 19.3. The molecule has 16 rings (SSSR count). The zero-order valence-corrected chi connectivity index (χ0v) is 91.6. The molecular weight excluding hydrogens is 1840 g/mol. The molecule has 2 unspecified atom stereocenters. The van der Waals surface area contributed by atoms with Crippen LogP contribution < -0.4 is 87.3 Å². The van der Waals surface area contributed by atoms with Gasteiger partial charge in [-0.1, -0.05) is 129 Å². The van der Waals surface area contributed by atoms with Gasteiger partial charge in [-0.15, -0.1) is 0 Å². The van der Waals surface area contributed by atoms with E-state index in [0.717, 1.165) is 141 Å². The van der Waals surface area contributed by atoms with Crippen molar-refractivity contribution in [2.24, 2.45) is 20.7 Å². The van der Waals surface area contributed by atoms with Gasteiger partial charge in [-0.2, -0.15) is 15.8 Å². The molecule has 8 N–H and O–H groups in total. The monoisotopic (exact) mass is 1980 g/mol. The number of guanidine groups is 1. The van der Waals surface area contributed by atoms with Crippen molar-refractivity contribution in [3.8, 4) is 69.6 Å². The van der Waals surface area contributed by atoms with Gasteiger partial charge in [0.15, 0.2) is 12.4 Å². The number of hydrogen-bond donors (Lipinski definition) is 7. The van der Waals surface area contributed by atoms with Gasteiger partial charge in [-0.25, -0.2) is 10.3 Å². The summed E-state index contributed by atoms with van der Waals surface area (Å²) in [4.78, 5) is 80.2. The van der Waals surface area contributed by atoms with Crippen LogP contribution in [0.4, 0.5) is 0 Å². The van der Waals surface area contributed by atoms with E-state index >= 15 is 0 Å². The number of pyridine rings is 2. The molecule has 2 aliphatic heterocycles. The molecule has 25 nitrogen and oxygen atoms in total. The van der Waals surface area contributed by atoms with Gasteiger partial charge >= 0.3 is 63.5 Å². The Hall–Kier alpha value is -13.9. The van der Waals surface area contributed by atoms with Crippen molar-refractivity contribution in [1.82, 2.24) is 60.5 Å². The molecule has 2 aliphatic rings. The van der Waals surface area contributed by atoms with Gasteiger partial charge in [0.2, 0.25) is 29.9 Å². The van der Waals surface area contributed by atoms with Crippen molar-refractivity contribution in [3.63, 3.8) is 0 Å². The largest absolute Gasteiger partial charge is 1.00 e. The maximum absolute atomic E-state index is 13.6. The molecule has 2 atom stereocenters. The molecule has 0 aliphatic carbocycles. The van der Waals surface area contributed by atoms with Gasteiger partial charge in [0.1, 0.15) is 17.2 Å². The number of aliphatic imine (C=N–C) groups is 3. The van der Waals surface area contributed by atoms with Crippen LogP contribution >= 0.6 is 0 Å². The number of hydrogen-bond acceptors (Lipinski definition) is 16. The maximum Gasteiger partial charge on any atom is 1.00 e. The second-order valence-corrected chi connectivity index (χ2v) is 38.5. The van der Waals surface area contributed by atoms with Crippen LogP contribution in [0.3, 0.4) is 0 Å². The number of aromatic amines is 3. The van der Waals surface area contributed by atoms with Gasteiger partial charge in [0.05, 0.1) is 16.2 Å². The normalized spacial score (nSPS) is 13.4. The predicted molar refractivity (Wildman–Crippen MR) is 588 cm³/mol. The van der Waals surface area contributed by atoms with Crippen molar-refractivity contribution >= 4 is 68.5 Å². The Balaban J connectivity index is 0.000000199. The van der Waals surface area contributed by atoms with Crippen molar-refractivity contribution in [3.05, 3.63) is 327 Å². The number of nitrogens with two attached hydrogens (primary N) is 1. The zero-order valence-electron chi connectivity index (χ0n) is 89.4. The minimum Gasteiger partial charge on any atom is -1.00 e. The molecule has 9 aromatic carbocycles. The maximum atomic E-state index is 13.6. The molecule has 2 saturated heterocycles. The summed E-state index contributed by atoms with van der Waals surface area (Å²) in [6.07, 6.45) is 17.3. The number of nitrogens with zero attached hydrogens (tertiary/aromatic N) is 12. The standard InChI is InChI=1S/C37H45N7O.C34H39N5O2.C26H35N3O.C14H10N2O2.C9H12N2.K.H/c1-7-43(8-2)35(45)37(5,6)30-9-10-33-32(22-30)31(34(42-33)29-20-25(3)19-26(4)21-29)13-17-40-36(41-24-38)44-18-14-28(23-44)27-11-15-39-16-12-27;1-7-39(8-2)32(40)34(5,6)26-14-15-30-29(21-26)28(31(38-30)25-19-23(3)18-24(4)20-25)16-17-36-33(37-22-35)41-27-12-10-9-11-13-27;1-7-29(8-2)25(30)26(5,6)20-9-10-23-22(16-20)21(11-12-27)24(28-23)19-14-17(3)13-18(4)15-19;15-11-16-14(17-12-7-3-1-4-8-12)18-13-9-5-2-6-10-13;1-4-10-5-2-8(1)9-3-6-11-7-9;;/h9-12,15-16,19-22,28,42H,7-8,13-14,17-18,23H2,1-6H3,(H,40,41);9-15,18-21,38H,7-8,16-17H2,1-6H3,(H,36,37);9-10,13-16,28H,7-8,11-12,27H2,1-6H3;1-10H;1-2,4-5,9,11H,3,6-7H2;;/q;;;;;+1;-1. The predicted octanol–water partition coefficient (Wildman–Crippen LogP) is 19.5. The molecule has 0 radical (unpaired) electrons. The molecule has 0 saturated carbocycles. The van der Waals surface area contributed by atoms with E-state index < -0.39 is 16.2 Å². The summed E-state index contributed by atoms with van der Waals surface area (Å²) in [5.41, 5.74) is 30.3. The number of likely N-dealkylation sites (tertiary alicyclic amines) is 1. The third kappa shape index (κ3) is 29.1. The van der Waals surface area contributed by atoms with Gasteiger partial charge in [0.25, 0.3) is 0 Å². The number of H-pyrrole nitrogens is 3. The van der Waals surface area contributed by atoms with Gasteiger partial charge in [-0.3, -0.25) is 34.7 Å². The summed E-state index contributed by atoms with van der Waals surface area (Å²) in [6.45, 7) is 46.5. The Kier molecular flexibility index (Phi) is 41.5. The number of nitriles is 3. The Morgan fingerprint density at radius 1 is 0.452 bits per heavy atom. The summed E-state index contributed by atoms with van der Waals surface area (Å²) in [6, 6.07) is 74.6. The van der Waals surface area contributed by atoms with Crippen LogP contribution in [-0.2, 0) is 49.9 Å². The quantitative estimate of drug-likeness (QED) is 0.00787. The van der Waals surface area contributed by atoms with E-state index in [0.29, 0.717) is 87.8 Å². The first-order valence-electron chi connectivity index (χ1n) is 50.5. The molecule has 3 amide bonds. The Labute approximate surface area is 905 Å². The average Bonchev–Trinajstić information content (AvgIpc) is 1.62. The SMILES string of the molecule is CCN(CC)C(=O)C(C)(C)c1ccc2[nH]c(-c3cc(C)cc(C)c3)c(CCN)c2c1.CCN(CC)C(=O)C(C)(C)c1ccc2[nH]c(-c3cc(C)cc(C)c3)c(CCN=C(NC#N)N3CCC(c4ccncc4)C3)c2c1.CCN(CC)C(=O)C(C)(C)c1ccc2[nH]c(-c3cc(C)cc(C)c3)c(CCN=C(NC#N)Oc3ccccc3)c2c1.N#CN=C(Oc1ccccc1)Oc1ccccc1.[H-].[K+].c1cc(C2CCNC2)ccn1. The van der Waals surface area contributed by atoms with E-state index in [1.807, 2.05) is 195 Å². The molecule has 146 heavy (non-hydrogen) atoms. The minimum atomic E-state index is -0.680. The number of ether oxygens (including phenoxy) is 3. The molecule has 7 heterocycles. The first-order valence-corrected chi connectivity index (χ1v) is 50.5. The molecule has 5 aromatic heterocycles. The van der Waals surface area contributed by atoms with Crippen LogP contribution in [0, 0.1) is 75.9 Å². The molecular formula is C120H142KN19O6. The Bertz CT molecular complexity index is 6840. The number of likely N-dealkylation sites (N-methyl/N-ethyl adjacent to an activating group) is 3. The Morgan fingerprint density at radius 2 is 0.801 bits per heavy atom. The smallest absolute Gasteiger partial charge is 1.00 e. The second kappa shape index (κ2) is 53.8. The fraction of sp³-hybridized carbons (Fsp3) is 0.342. The number of aromatic nitrogens is 5. The number of rotatable bonds is 28.